The van der Waals surface area contributed by atoms with Crippen LogP contribution in [-0.4, -0.2) is 33.3 Å². The van der Waals surface area contributed by atoms with Gasteiger partial charge in [-0.2, -0.15) is 4.80 Å². The molecular weight excluding hydrogens is 238 g/mol. The molecule has 0 spiro atoms. The number of tetrazole rings is 1. The summed E-state index contributed by atoms with van der Waals surface area (Å²) in [4.78, 5) is 1.55. The van der Waals surface area contributed by atoms with E-state index in [4.69, 9.17) is 0 Å². The maximum Gasteiger partial charge on any atom is 0.176 e. The molecule has 1 N–H and O–H groups in total. The van der Waals surface area contributed by atoms with Gasteiger partial charge in [-0.15, -0.1) is 10.2 Å². The molecule has 2 rings (SSSR count). The predicted octanol–water partition coefficient (Wildman–Crippen LogP) is 1.95. The zero-order valence-corrected chi connectivity index (χ0v) is 12.7. The summed E-state index contributed by atoms with van der Waals surface area (Å²) in [7, 11) is 3.89. The lowest BCUT2D eigenvalue weighted by Crippen LogP contribution is -2.44. The van der Waals surface area contributed by atoms with Crippen LogP contribution in [0, 0.1) is 11.3 Å². The molecule has 1 aliphatic carbocycles. The Kier molecular flexibility index (Phi) is 4.55. The van der Waals surface area contributed by atoms with Gasteiger partial charge >= 0.3 is 0 Å². The van der Waals surface area contributed by atoms with Crippen LogP contribution in [0.3, 0.4) is 0 Å². The Morgan fingerprint density at radius 2 is 2.00 bits per heavy atom. The monoisotopic (exact) mass is 265 g/mol. The SMILES string of the molecule is CNC(Cc1nnn(C)n1)C1(CC(C)C)CCCC1. The third kappa shape index (κ3) is 3.32. The van der Waals surface area contributed by atoms with Crippen molar-refractivity contribution in [1.29, 1.82) is 0 Å². The molecule has 0 aromatic carbocycles. The van der Waals surface area contributed by atoms with Crippen LogP contribution in [0.5, 0.6) is 0 Å². The van der Waals surface area contributed by atoms with E-state index in [1.54, 1.807) is 4.80 Å². The average molecular weight is 265 g/mol. The standard InChI is InChI=1S/C14H27N5/c1-11(2)10-14(7-5-6-8-14)12(15-3)9-13-16-18-19(4)17-13/h11-12,15H,5-10H2,1-4H3. The number of hydrogen-bond donors (Lipinski definition) is 1. The van der Waals surface area contributed by atoms with Gasteiger partial charge in [-0.05, 0) is 42.9 Å². The van der Waals surface area contributed by atoms with Gasteiger partial charge in [-0.3, -0.25) is 0 Å². The highest BCUT2D eigenvalue weighted by Crippen LogP contribution is 2.46. The predicted molar refractivity (Wildman–Crippen MR) is 75.7 cm³/mol. The van der Waals surface area contributed by atoms with Crippen LogP contribution >= 0.6 is 0 Å². The van der Waals surface area contributed by atoms with E-state index >= 15 is 0 Å². The van der Waals surface area contributed by atoms with Crippen molar-refractivity contribution in [3.05, 3.63) is 5.82 Å². The third-order valence-electron chi connectivity index (χ3n) is 4.44. The smallest absolute Gasteiger partial charge is 0.176 e. The Balaban J connectivity index is 2.13. The third-order valence-corrected chi connectivity index (χ3v) is 4.44. The van der Waals surface area contributed by atoms with Crippen LogP contribution in [0.4, 0.5) is 0 Å². The van der Waals surface area contributed by atoms with Gasteiger partial charge in [0.2, 0.25) is 0 Å². The van der Waals surface area contributed by atoms with E-state index in [9.17, 15) is 0 Å². The largest absolute Gasteiger partial charge is 0.316 e. The second-order valence-electron chi connectivity index (χ2n) is 6.41. The zero-order valence-electron chi connectivity index (χ0n) is 12.7. The lowest BCUT2D eigenvalue weighted by Gasteiger charge is -2.38. The Morgan fingerprint density at radius 1 is 1.32 bits per heavy atom. The van der Waals surface area contributed by atoms with Gasteiger partial charge in [-0.25, -0.2) is 0 Å². The molecule has 1 aromatic rings. The number of rotatable bonds is 6. The summed E-state index contributed by atoms with van der Waals surface area (Å²) in [5.74, 6) is 1.60. The molecular formula is C14H27N5. The van der Waals surface area contributed by atoms with Crippen molar-refractivity contribution in [2.75, 3.05) is 7.05 Å². The molecule has 1 aromatic heterocycles. The molecule has 0 amide bonds. The number of aryl methyl sites for hydroxylation is 1. The Hall–Kier alpha value is -0.970. The lowest BCUT2D eigenvalue weighted by molar-refractivity contribution is 0.158. The summed E-state index contributed by atoms with van der Waals surface area (Å²) in [5.41, 5.74) is 0.419. The average Bonchev–Trinajstić information content (AvgIpc) is 2.95. The quantitative estimate of drug-likeness (QED) is 0.854. The molecule has 1 fully saturated rings. The molecule has 19 heavy (non-hydrogen) atoms. The summed E-state index contributed by atoms with van der Waals surface area (Å²) < 4.78 is 0. The van der Waals surface area contributed by atoms with Crippen LogP contribution in [0.25, 0.3) is 0 Å². The molecule has 108 valence electrons. The molecule has 1 heterocycles. The van der Waals surface area contributed by atoms with Gasteiger partial charge in [0.25, 0.3) is 0 Å². The van der Waals surface area contributed by atoms with Gasteiger partial charge < -0.3 is 5.32 Å². The maximum absolute atomic E-state index is 4.33. The van der Waals surface area contributed by atoms with Crippen LogP contribution in [0.1, 0.15) is 51.8 Å². The van der Waals surface area contributed by atoms with Crippen molar-refractivity contribution < 1.29 is 0 Å². The molecule has 5 heteroatoms. The molecule has 5 nitrogen and oxygen atoms in total. The van der Waals surface area contributed by atoms with E-state index < -0.39 is 0 Å². The summed E-state index contributed by atoms with van der Waals surface area (Å²) >= 11 is 0. The van der Waals surface area contributed by atoms with Crippen molar-refractivity contribution in [2.24, 2.45) is 18.4 Å². The minimum Gasteiger partial charge on any atom is -0.316 e. The number of likely N-dealkylation sites (N-methyl/N-ethyl adjacent to an activating group) is 1. The number of aromatic nitrogens is 4. The van der Waals surface area contributed by atoms with Gasteiger partial charge in [0.1, 0.15) is 0 Å². The highest BCUT2D eigenvalue weighted by Gasteiger charge is 2.41. The summed E-state index contributed by atoms with van der Waals surface area (Å²) in [6.45, 7) is 4.65. The van der Waals surface area contributed by atoms with Crippen molar-refractivity contribution >= 4 is 0 Å². The first-order valence-corrected chi connectivity index (χ1v) is 7.46. The highest BCUT2D eigenvalue weighted by atomic mass is 15.6. The Bertz CT molecular complexity index is 392. The first-order valence-electron chi connectivity index (χ1n) is 7.46. The lowest BCUT2D eigenvalue weighted by atomic mass is 9.71. The minimum absolute atomic E-state index is 0.419. The second-order valence-corrected chi connectivity index (χ2v) is 6.41. The normalized spacial score (nSPS) is 20.1. The number of nitrogens with zero attached hydrogens (tertiary/aromatic N) is 4. The second kappa shape index (κ2) is 5.99. The summed E-state index contributed by atoms with van der Waals surface area (Å²) in [6, 6.07) is 0.460. The topological polar surface area (TPSA) is 55.6 Å². The molecule has 0 radical (unpaired) electrons. The van der Waals surface area contributed by atoms with Gasteiger partial charge in [-0.1, -0.05) is 26.7 Å². The van der Waals surface area contributed by atoms with Crippen LogP contribution < -0.4 is 5.32 Å². The van der Waals surface area contributed by atoms with Crippen molar-refractivity contribution in [1.82, 2.24) is 25.5 Å². The number of hydrogen-bond acceptors (Lipinski definition) is 4. The van der Waals surface area contributed by atoms with Crippen LogP contribution in [0.15, 0.2) is 0 Å². The molecule has 1 saturated carbocycles. The zero-order chi connectivity index (χ0) is 13.9. The Labute approximate surface area is 116 Å². The first-order chi connectivity index (χ1) is 9.05. The van der Waals surface area contributed by atoms with E-state index in [2.05, 4.69) is 41.6 Å². The molecule has 1 unspecified atom stereocenters. The van der Waals surface area contributed by atoms with Crippen LogP contribution in [0.2, 0.25) is 0 Å². The summed E-state index contributed by atoms with van der Waals surface area (Å²) in [6.07, 6.45) is 7.56. The molecule has 1 atom stereocenters. The van der Waals surface area contributed by atoms with E-state index in [-0.39, 0.29) is 0 Å². The van der Waals surface area contributed by atoms with E-state index in [0.717, 1.165) is 18.2 Å². The van der Waals surface area contributed by atoms with Gasteiger partial charge in [0.15, 0.2) is 5.82 Å². The van der Waals surface area contributed by atoms with E-state index in [0.29, 0.717) is 11.5 Å². The molecule has 1 aliphatic rings. The summed E-state index contributed by atoms with van der Waals surface area (Å²) in [5, 5.41) is 16.0. The first kappa shape index (κ1) is 14.4. The van der Waals surface area contributed by atoms with E-state index in [1.165, 1.54) is 32.1 Å². The van der Waals surface area contributed by atoms with Gasteiger partial charge in [0.05, 0.1) is 7.05 Å². The van der Waals surface area contributed by atoms with Crippen molar-refractivity contribution in [3.63, 3.8) is 0 Å². The fourth-order valence-electron chi connectivity index (χ4n) is 3.80. The van der Waals surface area contributed by atoms with Crippen LogP contribution in [-0.2, 0) is 13.5 Å². The van der Waals surface area contributed by atoms with Crippen molar-refractivity contribution in [2.45, 2.75) is 58.4 Å². The fourth-order valence-corrected chi connectivity index (χ4v) is 3.80. The number of nitrogens with one attached hydrogen (secondary N) is 1. The molecule has 0 saturated heterocycles. The van der Waals surface area contributed by atoms with E-state index in [1.807, 2.05) is 7.05 Å². The fraction of sp³-hybridized carbons (Fsp3) is 0.929. The molecule has 0 bridgehead atoms. The highest BCUT2D eigenvalue weighted by molar-refractivity contribution is 4.99. The van der Waals surface area contributed by atoms with Gasteiger partial charge in [0, 0.05) is 12.5 Å². The minimum atomic E-state index is 0.419. The molecule has 0 aliphatic heterocycles. The Morgan fingerprint density at radius 3 is 2.47 bits per heavy atom. The van der Waals surface area contributed by atoms with Crippen molar-refractivity contribution in [3.8, 4) is 0 Å². The maximum atomic E-state index is 4.33.